The van der Waals surface area contributed by atoms with Crippen LogP contribution >= 0.6 is 0 Å². The molecule has 1 amide bonds. The molecule has 0 unspecified atom stereocenters. The van der Waals surface area contributed by atoms with Crippen molar-refractivity contribution in [1.29, 1.82) is 0 Å². The lowest BCUT2D eigenvalue weighted by molar-refractivity contribution is 0.0600. The van der Waals surface area contributed by atoms with Gasteiger partial charge in [0, 0.05) is 31.4 Å². The summed E-state index contributed by atoms with van der Waals surface area (Å²) in [6.07, 6.45) is -0.877. The fourth-order valence-electron chi connectivity index (χ4n) is 2.40. The van der Waals surface area contributed by atoms with Gasteiger partial charge in [-0.25, -0.2) is 9.59 Å². The molecule has 0 aliphatic carbocycles. The van der Waals surface area contributed by atoms with E-state index < -0.39 is 6.09 Å². The van der Waals surface area contributed by atoms with Crippen molar-refractivity contribution in [2.75, 3.05) is 31.6 Å². The SMILES string of the molecule is COC(=O)c1ccc(N2CCN(C(=O)O)[C@H](C)C2)cc1. The van der Waals surface area contributed by atoms with Gasteiger partial charge in [0.1, 0.15) is 0 Å². The van der Waals surface area contributed by atoms with Crippen molar-refractivity contribution >= 4 is 17.7 Å². The van der Waals surface area contributed by atoms with Crippen LogP contribution in [-0.2, 0) is 4.74 Å². The number of hydrogen-bond acceptors (Lipinski definition) is 4. The lowest BCUT2D eigenvalue weighted by atomic mass is 10.1. The molecule has 6 nitrogen and oxygen atoms in total. The van der Waals surface area contributed by atoms with Gasteiger partial charge in [0.25, 0.3) is 0 Å². The second-order valence-electron chi connectivity index (χ2n) is 4.81. The molecule has 1 atom stereocenters. The molecule has 1 aromatic rings. The topological polar surface area (TPSA) is 70.1 Å². The van der Waals surface area contributed by atoms with Crippen LogP contribution in [0.2, 0.25) is 0 Å². The van der Waals surface area contributed by atoms with Crippen LogP contribution in [0.4, 0.5) is 10.5 Å². The predicted molar refractivity (Wildman–Crippen MR) is 74.2 cm³/mol. The summed E-state index contributed by atoms with van der Waals surface area (Å²) in [7, 11) is 1.35. The summed E-state index contributed by atoms with van der Waals surface area (Å²) in [5.41, 5.74) is 1.49. The zero-order valence-electron chi connectivity index (χ0n) is 11.6. The van der Waals surface area contributed by atoms with Crippen LogP contribution in [0, 0.1) is 0 Å². The van der Waals surface area contributed by atoms with Crippen LogP contribution in [0.15, 0.2) is 24.3 Å². The number of carbonyl (C=O) groups excluding carboxylic acids is 1. The van der Waals surface area contributed by atoms with Crippen molar-refractivity contribution in [1.82, 2.24) is 4.90 Å². The largest absolute Gasteiger partial charge is 0.465 e. The van der Waals surface area contributed by atoms with E-state index in [2.05, 4.69) is 9.64 Å². The highest BCUT2D eigenvalue weighted by Gasteiger charge is 2.27. The highest BCUT2D eigenvalue weighted by molar-refractivity contribution is 5.89. The summed E-state index contributed by atoms with van der Waals surface area (Å²) in [6.45, 7) is 3.66. The molecule has 0 aromatic heterocycles. The molecule has 20 heavy (non-hydrogen) atoms. The van der Waals surface area contributed by atoms with E-state index in [1.165, 1.54) is 12.0 Å². The number of anilines is 1. The number of benzene rings is 1. The molecule has 1 aliphatic rings. The van der Waals surface area contributed by atoms with Gasteiger partial charge >= 0.3 is 12.1 Å². The van der Waals surface area contributed by atoms with Gasteiger partial charge in [0.15, 0.2) is 0 Å². The minimum atomic E-state index is -0.877. The highest BCUT2D eigenvalue weighted by atomic mass is 16.5. The van der Waals surface area contributed by atoms with Crippen LogP contribution in [0.5, 0.6) is 0 Å². The first-order valence-corrected chi connectivity index (χ1v) is 6.46. The van der Waals surface area contributed by atoms with Crippen molar-refractivity contribution in [3.63, 3.8) is 0 Å². The van der Waals surface area contributed by atoms with Crippen molar-refractivity contribution < 1.29 is 19.4 Å². The number of amides is 1. The van der Waals surface area contributed by atoms with Gasteiger partial charge in [0.2, 0.25) is 0 Å². The van der Waals surface area contributed by atoms with E-state index in [1.807, 2.05) is 19.1 Å². The molecule has 0 bridgehead atoms. The Morgan fingerprint density at radius 2 is 1.90 bits per heavy atom. The number of nitrogens with zero attached hydrogens (tertiary/aromatic N) is 2. The average Bonchev–Trinajstić information content (AvgIpc) is 2.46. The van der Waals surface area contributed by atoms with E-state index in [1.54, 1.807) is 12.1 Å². The maximum atomic E-state index is 11.4. The predicted octanol–water partition coefficient (Wildman–Crippen LogP) is 1.66. The number of carboxylic acid groups (broad SMARTS) is 1. The van der Waals surface area contributed by atoms with Gasteiger partial charge in [0.05, 0.1) is 12.7 Å². The van der Waals surface area contributed by atoms with Crippen molar-refractivity contribution in [3.05, 3.63) is 29.8 Å². The third-order valence-electron chi connectivity index (χ3n) is 3.53. The molecule has 0 radical (unpaired) electrons. The number of esters is 1. The Bertz CT molecular complexity index is 500. The molecule has 108 valence electrons. The smallest absolute Gasteiger partial charge is 0.407 e. The van der Waals surface area contributed by atoms with Crippen LogP contribution in [0.25, 0.3) is 0 Å². The number of methoxy groups -OCH3 is 1. The van der Waals surface area contributed by atoms with Gasteiger partial charge in [-0.1, -0.05) is 0 Å². The summed E-state index contributed by atoms with van der Waals surface area (Å²) < 4.78 is 4.65. The molecule has 1 N–H and O–H groups in total. The number of piperazine rings is 1. The molecular weight excluding hydrogens is 260 g/mol. The first-order valence-electron chi connectivity index (χ1n) is 6.46. The Hall–Kier alpha value is -2.24. The molecule has 0 spiro atoms. The monoisotopic (exact) mass is 278 g/mol. The Kier molecular flexibility index (Phi) is 4.12. The van der Waals surface area contributed by atoms with E-state index in [9.17, 15) is 9.59 Å². The third-order valence-corrected chi connectivity index (χ3v) is 3.53. The standard InChI is InChI=1S/C14H18N2O4/c1-10-9-15(7-8-16(10)14(18)19)12-5-3-11(4-6-12)13(17)20-2/h3-6,10H,7-9H2,1-2H3,(H,18,19)/t10-/m1/s1. The molecule has 2 rings (SSSR count). The molecule has 6 heteroatoms. The lowest BCUT2D eigenvalue weighted by Gasteiger charge is -2.39. The summed E-state index contributed by atoms with van der Waals surface area (Å²) >= 11 is 0. The molecule has 1 heterocycles. The van der Waals surface area contributed by atoms with E-state index in [0.29, 0.717) is 25.2 Å². The first kappa shape index (κ1) is 14.2. The number of rotatable bonds is 2. The third kappa shape index (κ3) is 2.84. The fraction of sp³-hybridized carbons (Fsp3) is 0.429. The summed E-state index contributed by atoms with van der Waals surface area (Å²) in [4.78, 5) is 25.9. The zero-order valence-corrected chi connectivity index (χ0v) is 11.6. The average molecular weight is 278 g/mol. The molecule has 1 fully saturated rings. The lowest BCUT2D eigenvalue weighted by Crippen LogP contribution is -2.53. The maximum Gasteiger partial charge on any atom is 0.407 e. The fourth-order valence-corrected chi connectivity index (χ4v) is 2.40. The number of hydrogen-bond donors (Lipinski definition) is 1. The van der Waals surface area contributed by atoms with Crippen molar-refractivity contribution in [2.24, 2.45) is 0 Å². The molecule has 1 aliphatic heterocycles. The Morgan fingerprint density at radius 1 is 1.25 bits per heavy atom. The van der Waals surface area contributed by atoms with Crippen LogP contribution in [0.1, 0.15) is 17.3 Å². The van der Waals surface area contributed by atoms with Gasteiger partial charge in [-0.05, 0) is 31.2 Å². The molecular formula is C14H18N2O4. The zero-order chi connectivity index (χ0) is 14.7. The second kappa shape index (κ2) is 5.81. The minimum Gasteiger partial charge on any atom is -0.465 e. The Balaban J connectivity index is 2.06. The van der Waals surface area contributed by atoms with Gasteiger partial charge in [-0.3, -0.25) is 0 Å². The van der Waals surface area contributed by atoms with Gasteiger partial charge in [-0.15, -0.1) is 0 Å². The normalized spacial score (nSPS) is 18.8. The van der Waals surface area contributed by atoms with E-state index >= 15 is 0 Å². The molecule has 1 aromatic carbocycles. The van der Waals surface area contributed by atoms with Crippen molar-refractivity contribution in [3.8, 4) is 0 Å². The van der Waals surface area contributed by atoms with Crippen LogP contribution in [-0.4, -0.2) is 54.9 Å². The quantitative estimate of drug-likeness (QED) is 0.833. The first-order chi connectivity index (χ1) is 9.52. The number of ether oxygens (including phenoxy) is 1. The minimum absolute atomic E-state index is 0.0541. The van der Waals surface area contributed by atoms with Gasteiger partial charge in [-0.2, -0.15) is 0 Å². The van der Waals surface area contributed by atoms with E-state index in [0.717, 1.165) is 5.69 Å². The molecule has 0 saturated carbocycles. The Morgan fingerprint density at radius 3 is 2.40 bits per heavy atom. The van der Waals surface area contributed by atoms with Crippen LogP contribution < -0.4 is 4.90 Å². The maximum absolute atomic E-state index is 11.4. The second-order valence-corrected chi connectivity index (χ2v) is 4.81. The van der Waals surface area contributed by atoms with Crippen LogP contribution in [0.3, 0.4) is 0 Å². The van der Waals surface area contributed by atoms with Gasteiger partial charge < -0.3 is 19.6 Å². The summed E-state index contributed by atoms with van der Waals surface area (Å²) in [5.74, 6) is -0.361. The number of carbonyl (C=O) groups is 2. The Labute approximate surface area is 117 Å². The highest BCUT2D eigenvalue weighted by Crippen LogP contribution is 2.20. The summed E-state index contributed by atoms with van der Waals surface area (Å²) in [5, 5.41) is 9.05. The van der Waals surface area contributed by atoms with Crippen molar-refractivity contribution in [2.45, 2.75) is 13.0 Å². The van der Waals surface area contributed by atoms with E-state index in [4.69, 9.17) is 5.11 Å². The van der Waals surface area contributed by atoms with E-state index in [-0.39, 0.29) is 12.0 Å². The molecule has 1 saturated heterocycles. The summed E-state index contributed by atoms with van der Waals surface area (Å²) in [6, 6.07) is 7.09.